The van der Waals surface area contributed by atoms with Crippen LogP contribution in [0, 0.1) is 29.5 Å². The van der Waals surface area contributed by atoms with Crippen molar-refractivity contribution in [2.45, 2.75) is 24.2 Å². The first-order valence-corrected chi connectivity index (χ1v) is 16.8. The number of halogens is 2. The van der Waals surface area contributed by atoms with Gasteiger partial charge in [-0.3, -0.25) is 29.5 Å². The molecule has 2 saturated heterocycles. The molecule has 4 aromatic rings. The highest BCUT2D eigenvalue weighted by Gasteiger charge is 2.70. The highest BCUT2D eigenvalue weighted by atomic mass is 35.5. The Hall–Kier alpha value is -5.54. The Morgan fingerprint density at radius 3 is 2.28 bits per heavy atom. The third-order valence-electron chi connectivity index (χ3n) is 10.8. The standard InChI is InChI=1S/C40H31ClFN3O5/c1-2-22-6-16-28(17-7-22)44-36(47)31-19-18-30-32(34(31)38(44)49)21-33-37(48)45(43-27-14-12-26(42)13-15-27)39(50)40(33,24-8-10-25(41)11-9-24)35(30)23-4-3-5-29(46)20-23/h2-18,20,31-35,43,46H,1,19,21H2. The highest BCUT2D eigenvalue weighted by molar-refractivity contribution is 6.30. The van der Waals surface area contributed by atoms with Crippen LogP contribution in [0.3, 0.4) is 0 Å². The van der Waals surface area contributed by atoms with E-state index in [0.29, 0.717) is 27.5 Å². The first-order chi connectivity index (χ1) is 24.1. The molecule has 4 aromatic carbocycles. The lowest BCUT2D eigenvalue weighted by Gasteiger charge is -2.50. The molecule has 2 heterocycles. The number of phenolic OH excluding ortho intramolecular Hbond substituents is 1. The van der Waals surface area contributed by atoms with Crippen molar-refractivity contribution in [3.63, 3.8) is 0 Å². The number of imide groups is 2. The lowest BCUT2D eigenvalue weighted by Crippen LogP contribution is -2.53. The first-order valence-electron chi connectivity index (χ1n) is 16.4. The van der Waals surface area contributed by atoms with Crippen molar-refractivity contribution < 1.29 is 28.7 Å². The van der Waals surface area contributed by atoms with Crippen molar-refractivity contribution in [2.24, 2.45) is 23.7 Å². The van der Waals surface area contributed by atoms with Gasteiger partial charge in [-0.2, -0.15) is 5.01 Å². The molecule has 2 aliphatic heterocycles. The average Bonchev–Trinajstić information content (AvgIpc) is 3.50. The van der Waals surface area contributed by atoms with Crippen molar-refractivity contribution in [3.8, 4) is 5.75 Å². The van der Waals surface area contributed by atoms with Crippen LogP contribution in [0.1, 0.15) is 35.4 Å². The summed E-state index contributed by atoms with van der Waals surface area (Å²) in [6.45, 7) is 3.78. The zero-order valence-corrected chi connectivity index (χ0v) is 27.4. The van der Waals surface area contributed by atoms with Gasteiger partial charge in [0.2, 0.25) is 11.8 Å². The van der Waals surface area contributed by atoms with E-state index >= 15 is 4.79 Å². The molecule has 8 nitrogen and oxygen atoms in total. The molecule has 8 rings (SSSR count). The van der Waals surface area contributed by atoms with Crippen molar-refractivity contribution in [1.82, 2.24) is 5.01 Å². The molecule has 1 saturated carbocycles. The number of amides is 4. The van der Waals surface area contributed by atoms with Gasteiger partial charge in [-0.05, 0) is 96.1 Å². The van der Waals surface area contributed by atoms with Crippen molar-refractivity contribution >= 4 is 52.7 Å². The Morgan fingerprint density at radius 2 is 1.60 bits per heavy atom. The average molecular weight is 688 g/mol. The van der Waals surface area contributed by atoms with Gasteiger partial charge in [0, 0.05) is 10.9 Å². The molecule has 0 bridgehead atoms. The van der Waals surface area contributed by atoms with E-state index in [1.165, 1.54) is 35.2 Å². The van der Waals surface area contributed by atoms with Crippen LogP contribution in [0.4, 0.5) is 15.8 Å². The maximum atomic E-state index is 15.1. The molecular weight excluding hydrogens is 657 g/mol. The second kappa shape index (κ2) is 11.8. The molecule has 0 aromatic heterocycles. The number of nitrogens with one attached hydrogen (secondary N) is 1. The second-order valence-corrected chi connectivity index (χ2v) is 13.7. The minimum absolute atomic E-state index is 0.0268. The maximum Gasteiger partial charge on any atom is 0.260 e. The summed E-state index contributed by atoms with van der Waals surface area (Å²) in [5.74, 6) is -5.99. The van der Waals surface area contributed by atoms with Gasteiger partial charge in [-0.1, -0.05) is 72.3 Å². The van der Waals surface area contributed by atoms with Crippen LogP contribution in [0.15, 0.2) is 115 Å². The van der Waals surface area contributed by atoms with Gasteiger partial charge in [0.05, 0.1) is 34.5 Å². The number of allylic oxidation sites excluding steroid dienone is 2. The Labute approximate surface area is 292 Å². The minimum Gasteiger partial charge on any atom is -0.508 e. The summed E-state index contributed by atoms with van der Waals surface area (Å²) >= 11 is 6.33. The van der Waals surface area contributed by atoms with Gasteiger partial charge in [-0.25, -0.2) is 4.39 Å². The number of rotatable bonds is 6. The fourth-order valence-electron chi connectivity index (χ4n) is 8.75. The zero-order chi connectivity index (χ0) is 34.9. The molecule has 4 aliphatic rings. The van der Waals surface area contributed by atoms with Crippen LogP contribution in [0.2, 0.25) is 5.02 Å². The molecule has 2 N–H and O–H groups in total. The molecule has 0 radical (unpaired) electrons. The normalized spacial score (nSPS) is 27.1. The third kappa shape index (κ3) is 4.64. The Bertz CT molecular complexity index is 2120. The fraction of sp³-hybridized carbons (Fsp3) is 0.200. The van der Waals surface area contributed by atoms with Gasteiger partial charge >= 0.3 is 0 Å². The summed E-state index contributed by atoms with van der Waals surface area (Å²) in [7, 11) is 0. The molecule has 10 heteroatoms. The van der Waals surface area contributed by atoms with Crippen molar-refractivity contribution in [2.75, 3.05) is 10.3 Å². The Balaban J connectivity index is 1.30. The quantitative estimate of drug-likeness (QED) is 0.167. The van der Waals surface area contributed by atoms with E-state index < -0.39 is 52.6 Å². The topological polar surface area (TPSA) is 107 Å². The molecular formula is C40H31ClFN3O5. The summed E-state index contributed by atoms with van der Waals surface area (Å²) in [4.78, 5) is 59.4. The molecule has 0 spiro atoms. The van der Waals surface area contributed by atoms with Crippen LogP contribution in [0.5, 0.6) is 5.75 Å². The van der Waals surface area contributed by atoms with E-state index in [1.807, 2.05) is 6.08 Å². The highest BCUT2D eigenvalue weighted by Crippen LogP contribution is 2.64. The summed E-state index contributed by atoms with van der Waals surface area (Å²) in [6, 6.07) is 25.8. The third-order valence-corrected chi connectivity index (χ3v) is 11.1. The lowest BCUT2D eigenvalue weighted by molar-refractivity contribution is -0.138. The number of hydrogen-bond donors (Lipinski definition) is 2. The van der Waals surface area contributed by atoms with Crippen LogP contribution < -0.4 is 10.3 Å². The van der Waals surface area contributed by atoms with Crippen LogP contribution in [0.25, 0.3) is 6.08 Å². The minimum atomic E-state index is -1.52. The number of carbonyl (C=O) groups is 4. The number of hydrazine groups is 1. The smallest absolute Gasteiger partial charge is 0.260 e. The number of carbonyl (C=O) groups excluding carboxylic acids is 4. The summed E-state index contributed by atoms with van der Waals surface area (Å²) in [5, 5.41) is 12.2. The Kier molecular flexibility index (Phi) is 7.49. The number of hydrogen-bond acceptors (Lipinski definition) is 6. The fourth-order valence-corrected chi connectivity index (χ4v) is 8.87. The predicted octanol–water partition coefficient (Wildman–Crippen LogP) is 7.02. The Morgan fingerprint density at radius 1 is 0.880 bits per heavy atom. The van der Waals surface area contributed by atoms with Crippen LogP contribution in [-0.2, 0) is 24.6 Å². The lowest BCUT2D eigenvalue weighted by atomic mass is 9.49. The monoisotopic (exact) mass is 687 g/mol. The SMILES string of the molecule is C=Cc1ccc(N2C(=O)C3CC=C4C(CC5C(=O)N(Nc6ccc(F)cc6)C(=O)C5(c5ccc(Cl)cc5)C4c4cccc(O)c4)C3C2=O)cc1. The maximum absolute atomic E-state index is 15.1. The number of anilines is 2. The van der Waals surface area contributed by atoms with E-state index in [0.717, 1.165) is 16.1 Å². The molecule has 6 atom stereocenters. The summed E-state index contributed by atoms with van der Waals surface area (Å²) < 4.78 is 13.8. The van der Waals surface area contributed by atoms with Crippen LogP contribution in [-0.4, -0.2) is 33.7 Å². The van der Waals surface area contributed by atoms with E-state index in [1.54, 1.807) is 72.8 Å². The summed E-state index contributed by atoms with van der Waals surface area (Å²) in [5.41, 5.74) is 4.93. The van der Waals surface area contributed by atoms with Gasteiger partial charge in [0.1, 0.15) is 11.6 Å². The zero-order valence-electron chi connectivity index (χ0n) is 26.6. The number of phenols is 1. The molecule has 50 heavy (non-hydrogen) atoms. The first kappa shape index (κ1) is 31.7. The molecule has 4 amide bonds. The largest absolute Gasteiger partial charge is 0.508 e. The van der Waals surface area contributed by atoms with E-state index in [4.69, 9.17) is 11.6 Å². The van der Waals surface area contributed by atoms with E-state index in [2.05, 4.69) is 12.0 Å². The van der Waals surface area contributed by atoms with Crippen molar-refractivity contribution in [3.05, 3.63) is 143 Å². The van der Waals surface area contributed by atoms with Crippen LogP contribution >= 0.6 is 11.6 Å². The number of fused-ring (bicyclic) bond motifs is 4. The molecule has 3 fully saturated rings. The second-order valence-electron chi connectivity index (χ2n) is 13.3. The van der Waals surface area contributed by atoms with Gasteiger partial charge in [0.25, 0.3) is 11.8 Å². The number of aromatic hydroxyl groups is 1. The molecule has 6 unspecified atom stereocenters. The van der Waals surface area contributed by atoms with Crippen molar-refractivity contribution in [1.29, 1.82) is 0 Å². The van der Waals surface area contributed by atoms with Gasteiger partial charge in [-0.15, -0.1) is 0 Å². The van der Waals surface area contributed by atoms with E-state index in [-0.39, 0.29) is 30.4 Å². The summed E-state index contributed by atoms with van der Waals surface area (Å²) in [6.07, 6.45) is 4.01. The van der Waals surface area contributed by atoms with Gasteiger partial charge in [0.15, 0.2) is 0 Å². The number of benzene rings is 4. The molecule has 250 valence electrons. The predicted molar refractivity (Wildman–Crippen MR) is 186 cm³/mol. The van der Waals surface area contributed by atoms with E-state index in [9.17, 15) is 23.9 Å². The molecule has 2 aliphatic carbocycles. The number of nitrogens with zero attached hydrogens (tertiary/aromatic N) is 2. The van der Waals surface area contributed by atoms with Gasteiger partial charge < -0.3 is 5.11 Å².